The van der Waals surface area contributed by atoms with Crippen LogP contribution in [0.5, 0.6) is 0 Å². The molecular formula is C109H113N21O12S5. The van der Waals surface area contributed by atoms with Crippen LogP contribution in [0.3, 0.4) is 0 Å². The van der Waals surface area contributed by atoms with Crippen LogP contribution >= 0.6 is 11.3 Å². The van der Waals surface area contributed by atoms with Gasteiger partial charge in [-0.15, -0.1) is 11.3 Å². The van der Waals surface area contributed by atoms with Crippen molar-refractivity contribution in [2.24, 2.45) is 0 Å². The molecule has 8 saturated heterocycles. The molecule has 0 unspecified atom stereocenters. The Labute approximate surface area is 861 Å². The SMILES string of the molecule is C=C1Cc2c(cccc2-c2nc(N3CCOCC3)c3oc4ncc(CN5CCS(=O)CC5)cc4c3n2)N1.Cc1ccc2c(c1-c1nc(N3CCOCC3)c3oc4ncc(CN5CCS(=O)CC5)cc4c3n1)C=CC2.O=S1(=O)CCN(Cc2cnc3sc4c(N5CCOCC5)nc(-c5cccc6c5C=CC6)nc4c3c2)CC1.O=S1CCN(Cc2cnc3oc4c(N5CCOCC5)nc(-c5cccc6c5CCC6)nc4c3c2)CC1. The van der Waals surface area contributed by atoms with E-state index in [1.165, 1.54) is 39.8 Å². The van der Waals surface area contributed by atoms with Crippen molar-refractivity contribution in [2.45, 2.75) is 71.6 Å². The first kappa shape index (κ1) is 95.6. The Hall–Kier alpha value is -12.3. The lowest BCUT2D eigenvalue weighted by Crippen LogP contribution is -2.39. The number of rotatable bonds is 16. The monoisotopic (exact) mass is 2070 g/mol. The number of thiophene rings is 1. The van der Waals surface area contributed by atoms with Crippen molar-refractivity contribution in [2.75, 3.05) is 229 Å². The lowest BCUT2D eigenvalue weighted by atomic mass is 9.97. The molecule has 4 aromatic carbocycles. The highest BCUT2D eigenvalue weighted by atomic mass is 32.2. The maximum atomic E-state index is 11.8. The summed E-state index contributed by atoms with van der Waals surface area (Å²) in [6.07, 6.45) is 22.3. The van der Waals surface area contributed by atoms with Crippen molar-refractivity contribution in [1.82, 2.24) is 79.4 Å². The van der Waals surface area contributed by atoms with E-state index in [0.29, 0.717) is 112 Å². The number of furan rings is 3. The Kier molecular flexibility index (Phi) is 26.9. The smallest absolute Gasteiger partial charge is 0.229 e. The summed E-state index contributed by atoms with van der Waals surface area (Å²) in [6, 6.07) is 32.1. The molecule has 1 N–H and O–H groups in total. The number of hydrogen-bond donors (Lipinski definition) is 1. The fourth-order valence-electron chi connectivity index (χ4n) is 22.1. The van der Waals surface area contributed by atoms with Crippen LogP contribution in [0, 0.1) is 6.92 Å². The standard InChI is InChI=1S/C28H29N5O3S.C27H28N6O3S.C27H27N5O3S2.C27H29N5O3S/c1-18-5-6-20-3-2-4-21(20)23(18)26-30-24-22-15-19(17-32-9-13-37(34)14-10-32)16-29-28(22)36-25(24)27(31-26)33-7-11-35-12-8-33;1-17-13-20-19(3-2-4-22(20)29-17)25-30-23-21-14-18(16-32-7-11-37(34)12-8-32)15-28-27(21)36-24(23)26(31-25)33-5-9-35-10-6-33;33-37(34)13-9-31(10-14-37)17-18-15-22-23-24(36-27(22)28-16-18)26(32-7-11-35-12-8-32)30-25(29-23)21-6-2-4-19-3-1-5-20(19)21;33-36-13-9-31(10-14-36)17-18-15-22-23-24(35-27(22)28-16-18)26(32-7-11-34-12-8-32)30-25(29-23)21-6-2-4-19-3-1-5-20(19)21/h2,4-6,15-16H,3,7-14,17H2,1H3;2-4,14-15,29H,1,5-13,16H2;1-2,4-6,15-16H,3,7-14,17H2;2,4,6,15-16H,1,3,5,7-14,17H2. The van der Waals surface area contributed by atoms with Gasteiger partial charge in [0.15, 0.2) is 73.2 Å². The summed E-state index contributed by atoms with van der Waals surface area (Å²) in [4.78, 5) is 78.9. The first-order chi connectivity index (χ1) is 72.0. The van der Waals surface area contributed by atoms with Gasteiger partial charge in [-0.25, -0.2) is 68.2 Å². The summed E-state index contributed by atoms with van der Waals surface area (Å²) < 4.78 is 101. The molecule has 28 rings (SSSR count). The first-order valence-corrected chi connectivity index (χ1v) is 58.2. The fourth-order valence-corrected chi connectivity index (χ4v) is 27.8. The van der Waals surface area contributed by atoms with Crippen LogP contribution in [0.15, 0.2) is 153 Å². The summed E-state index contributed by atoms with van der Waals surface area (Å²) in [7, 11) is -4.97. The number of sulfone groups is 1. The minimum Gasteiger partial charge on any atom is -0.432 e. The second-order valence-corrected chi connectivity index (χ2v) is 47.9. The molecule has 21 heterocycles. The predicted molar refractivity (Wildman–Crippen MR) is 580 cm³/mol. The normalized spacial score (nSPS) is 19.2. The summed E-state index contributed by atoms with van der Waals surface area (Å²) in [5.41, 5.74) is 27.9. The highest BCUT2D eigenvalue weighted by Gasteiger charge is 2.35. The molecular weight excluding hydrogens is 1960 g/mol. The van der Waals surface area contributed by atoms with Crippen molar-refractivity contribution in [3.8, 4) is 45.6 Å². The Morgan fingerprint density at radius 2 is 0.810 bits per heavy atom. The molecule has 33 nitrogen and oxygen atoms in total. The van der Waals surface area contributed by atoms with Crippen LogP contribution < -0.4 is 24.9 Å². The summed E-state index contributed by atoms with van der Waals surface area (Å²) in [5.74, 6) is 11.1. The van der Waals surface area contributed by atoms with Gasteiger partial charge in [-0.1, -0.05) is 91.5 Å². The third kappa shape index (κ3) is 19.8. The van der Waals surface area contributed by atoms with Crippen LogP contribution in [0.4, 0.5) is 29.0 Å². The molecule has 0 spiro atoms. The van der Waals surface area contributed by atoms with Gasteiger partial charge in [0, 0.05) is 268 Å². The van der Waals surface area contributed by atoms with Crippen molar-refractivity contribution >= 4 is 182 Å². The highest BCUT2D eigenvalue weighted by molar-refractivity contribution is 7.91. The number of hydrogen-bond acceptors (Lipinski definition) is 34. The van der Waals surface area contributed by atoms with Crippen LogP contribution in [0.2, 0.25) is 0 Å². The number of pyridine rings is 4. The number of allylic oxidation sites excluding steroid dienone is 3. The van der Waals surface area contributed by atoms with Crippen molar-refractivity contribution in [3.63, 3.8) is 0 Å². The summed E-state index contributed by atoms with van der Waals surface area (Å²) in [6.45, 7) is 26.9. The van der Waals surface area contributed by atoms with Crippen molar-refractivity contribution < 1.29 is 53.2 Å². The second-order valence-electron chi connectivity index (χ2n) is 39.5. The predicted octanol–water partition coefficient (Wildman–Crippen LogP) is 13.9. The van der Waals surface area contributed by atoms with Gasteiger partial charge in [0.2, 0.25) is 17.1 Å². The van der Waals surface area contributed by atoms with Crippen LogP contribution in [0.1, 0.15) is 73.2 Å². The molecule has 0 atom stereocenters. The van der Waals surface area contributed by atoms with Gasteiger partial charge in [0.05, 0.1) is 90.7 Å². The van der Waals surface area contributed by atoms with Crippen LogP contribution in [-0.4, -0.2) is 304 Å². The third-order valence-corrected chi connectivity index (χ3v) is 36.4. The quantitative estimate of drug-likeness (QED) is 0.0938. The molecule has 0 saturated carbocycles. The lowest BCUT2D eigenvalue weighted by molar-refractivity contribution is 0.122. The van der Waals surface area contributed by atoms with E-state index in [9.17, 15) is 21.0 Å². The molecule has 756 valence electrons. The number of ether oxygens (including phenoxy) is 4. The minimum atomic E-state index is -2.90. The second kappa shape index (κ2) is 41.3. The number of aromatic nitrogens is 12. The topological polar surface area (TPSA) is 354 Å². The van der Waals surface area contributed by atoms with Gasteiger partial charge in [0.1, 0.15) is 21.4 Å². The zero-order valence-corrected chi connectivity index (χ0v) is 86.2. The number of benzene rings is 4. The molecule has 0 bridgehead atoms. The highest BCUT2D eigenvalue weighted by Crippen LogP contribution is 2.46. The minimum absolute atomic E-state index is 0.222. The van der Waals surface area contributed by atoms with Crippen LogP contribution in [-0.2, 0) is 119 Å². The average Bonchev–Trinajstić information content (AvgIpc) is 1.61. The Bertz CT molecular complexity index is 8110. The van der Waals surface area contributed by atoms with E-state index in [4.69, 9.17) is 77.1 Å². The molecule has 147 heavy (non-hydrogen) atoms. The molecule has 12 aliphatic rings. The van der Waals surface area contributed by atoms with Gasteiger partial charge < -0.3 is 57.1 Å². The van der Waals surface area contributed by atoms with E-state index in [1.807, 2.05) is 30.9 Å². The summed E-state index contributed by atoms with van der Waals surface area (Å²) in [5, 5.41) is 7.12. The van der Waals surface area contributed by atoms with E-state index in [1.54, 1.807) is 11.3 Å². The zero-order valence-electron chi connectivity index (χ0n) is 82.1. The third-order valence-electron chi connectivity index (χ3n) is 29.9. The van der Waals surface area contributed by atoms with E-state index in [-0.39, 0.29) is 11.5 Å². The Balaban J connectivity index is 0.000000102. The van der Waals surface area contributed by atoms with Gasteiger partial charge in [-0.3, -0.25) is 32.2 Å². The van der Waals surface area contributed by atoms with Crippen LogP contribution in [0.25, 0.3) is 145 Å². The molecule has 38 heteroatoms. The molecule has 9 aliphatic heterocycles. The lowest BCUT2D eigenvalue weighted by Gasteiger charge is -2.28. The largest absolute Gasteiger partial charge is 0.432 e. The average molecular weight is 2070 g/mol. The number of morpholine rings is 4. The van der Waals surface area contributed by atoms with Gasteiger partial charge in [0.25, 0.3) is 0 Å². The maximum Gasteiger partial charge on any atom is 0.229 e. The van der Waals surface area contributed by atoms with Gasteiger partial charge >= 0.3 is 0 Å². The molecule has 12 aromatic heterocycles. The maximum absolute atomic E-state index is 11.8. The van der Waals surface area contributed by atoms with E-state index >= 15 is 0 Å². The first-order valence-electron chi connectivity index (χ1n) is 51.1. The Morgan fingerprint density at radius 3 is 1.31 bits per heavy atom. The van der Waals surface area contributed by atoms with E-state index in [2.05, 4.69) is 182 Å². The summed E-state index contributed by atoms with van der Waals surface area (Å²) >= 11 is 1.64. The molecule has 0 amide bonds. The molecule has 8 fully saturated rings. The number of nitrogens with one attached hydrogen (secondary N) is 1. The van der Waals surface area contributed by atoms with E-state index < -0.39 is 42.2 Å². The van der Waals surface area contributed by atoms with E-state index in [0.717, 1.165) is 339 Å². The molecule has 16 aromatic rings. The molecule has 3 aliphatic carbocycles. The zero-order chi connectivity index (χ0) is 98.9. The van der Waals surface area contributed by atoms with Gasteiger partial charge in [-0.05, 0) is 136 Å². The molecule has 0 radical (unpaired) electrons. The fraction of sp³-hybridized carbons (Fsp3) is 0.394. The Morgan fingerprint density at radius 1 is 0.408 bits per heavy atom. The number of nitrogens with zero attached hydrogens (tertiary/aromatic N) is 20. The van der Waals surface area contributed by atoms with Gasteiger partial charge in [-0.2, -0.15) is 0 Å². The number of anilines is 5. The van der Waals surface area contributed by atoms with Crippen molar-refractivity contribution in [1.29, 1.82) is 0 Å². The number of fused-ring (bicyclic) bond motifs is 16. The van der Waals surface area contributed by atoms with Crippen molar-refractivity contribution in [3.05, 3.63) is 207 Å². The number of aryl methyl sites for hydroxylation is 2.